The number of cyclic esters (lactones) is 1. The Morgan fingerprint density at radius 1 is 0.947 bits per heavy atom. The number of rotatable bonds is 10. The van der Waals surface area contributed by atoms with E-state index >= 15 is 0 Å². The topological polar surface area (TPSA) is 194 Å². The smallest absolute Gasteiger partial charge is 0.330 e. The Labute approximate surface area is 337 Å². The molecule has 0 unspecified atom stereocenters. The van der Waals surface area contributed by atoms with Crippen LogP contribution in [0.15, 0.2) is 36.0 Å². The summed E-state index contributed by atoms with van der Waals surface area (Å²) in [5.74, 6) is -4.79. The summed E-state index contributed by atoms with van der Waals surface area (Å²) >= 11 is 0. The van der Waals surface area contributed by atoms with Crippen LogP contribution in [0.2, 0.25) is 0 Å². The van der Waals surface area contributed by atoms with E-state index in [9.17, 15) is 34.5 Å². The summed E-state index contributed by atoms with van der Waals surface area (Å²) in [6.07, 6.45) is 3.11. The first-order valence-corrected chi connectivity index (χ1v) is 20.7. The molecule has 0 amide bonds. The first kappa shape index (κ1) is 46.5. The van der Waals surface area contributed by atoms with Crippen molar-refractivity contribution < 1.29 is 67.7 Å². The van der Waals surface area contributed by atoms with E-state index in [1.807, 2.05) is 6.08 Å². The van der Waals surface area contributed by atoms with E-state index in [-0.39, 0.29) is 43.5 Å². The van der Waals surface area contributed by atoms with Crippen molar-refractivity contribution in [2.75, 3.05) is 7.11 Å². The van der Waals surface area contributed by atoms with Crippen LogP contribution in [-0.2, 0) is 52.3 Å². The van der Waals surface area contributed by atoms with E-state index in [0.29, 0.717) is 38.5 Å². The highest BCUT2D eigenvalue weighted by Crippen LogP contribution is 2.47. The largest absolute Gasteiger partial charge is 0.466 e. The maximum absolute atomic E-state index is 13.4. The summed E-state index contributed by atoms with van der Waals surface area (Å²) in [6, 6.07) is 0. The van der Waals surface area contributed by atoms with E-state index < -0.39 is 90.3 Å². The summed E-state index contributed by atoms with van der Waals surface area (Å²) in [6.45, 7) is 12.6. The predicted molar refractivity (Wildman–Crippen MR) is 207 cm³/mol. The summed E-state index contributed by atoms with van der Waals surface area (Å²) in [5.41, 5.74) is -0.135. The van der Waals surface area contributed by atoms with E-state index in [4.69, 9.17) is 33.2 Å². The van der Waals surface area contributed by atoms with Gasteiger partial charge in [-0.05, 0) is 38.2 Å². The molecule has 6 bridgehead atoms. The third kappa shape index (κ3) is 13.7. The van der Waals surface area contributed by atoms with Crippen LogP contribution in [0.25, 0.3) is 0 Å². The van der Waals surface area contributed by atoms with Crippen molar-refractivity contribution in [1.82, 2.24) is 0 Å². The second-order valence-electron chi connectivity index (χ2n) is 16.9. The Morgan fingerprint density at radius 2 is 1.65 bits per heavy atom. The van der Waals surface area contributed by atoms with Gasteiger partial charge in [0.15, 0.2) is 6.10 Å². The van der Waals surface area contributed by atoms with Gasteiger partial charge in [-0.25, -0.2) is 4.79 Å². The van der Waals surface area contributed by atoms with Gasteiger partial charge in [-0.1, -0.05) is 70.8 Å². The third-order valence-corrected chi connectivity index (χ3v) is 11.3. The lowest BCUT2D eigenvalue weighted by Gasteiger charge is -2.51. The molecule has 322 valence electrons. The molecule has 3 fully saturated rings. The van der Waals surface area contributed by atoms with Gasteiger partial charge >= 0.3 is 23.9 Å². The van der Waals surface area contributed by atoms with Crippen LogP contribution >= 0.6 is 0 Å². The normalized spacial score (nSPS) is 35.0. The number of carbonyl (C=O) groups excluding carboxylic acids is 4. The Bertz CT molecular complexity index is 1450. The van der Waals surface area contributed by atoms with Crippen molar-refractivity contribution in [1.29, 1.82) is 0 Å². The monoisotopic (exact) mass is 806 g/mol. The van der Waals surface area contributed by atoms with Crippen LogP contribution in [0.4, 0.5) is 0 Å². The van der Waals surface area contributed by atoms with Gasteiger partial charge in [0.05, 0.1) is 56.3 Å². The van der Waals surface area contributed by atoms with Gasteiger partial charge in [0.25, 0.3) is 0 Å². The summed E-state index contributed by atoms with van der Waals surface area (Å²) < 4.78 is 41.8. The van der Waals surface area contributed by atoms with Crippen LogP contribution in [0.3, 0.4) is 0 Å². The third-order valence-electron chi connectivity index (χ3n) is 11.3. The predicted octanol–water partition coefficient (Wildman–Crippen LogP) is 5.23. The minimum absolute atomic E-state index is 0.0357. The standard InChI is InChI=1S/C43H66O14/c1-8-9-10-11-12-13-38(47)56-41-29(19-39(48)51-7)18-36-25-37(27(3)44)55-40(49)21-30(46)20-33-23-34(52-28(4)45)24-35(54-33)22-32-17-26(2)16-31(53-32)14-15-42(5,6)43(41,50)57-36/h14-15,19,27,30-37,41,44,46,50H,2,8-13,16-18,20-25H2,1,3-7H3/t27-,30-,31+,32+,33-,34+,35+,36+,37-,41+,43-/m1/s1. The molecule has 0 radical (unpaired) electrons. The van der Waals surface area contributed by atoms with E-state index in [1.165, 1.54) is 27.0 Å². The van der Waals surface area contributed by atoms with Gasteiger partial charge in [0.1, 0.15) is 12.2 Å². The average molecular weight is 807 g/mol. The SMILES string of the molecule is C=C1C[C@H]2C[C@H]3C[C@@H](OC(C)=O)C[C@@H](C[C@@H](O)CC(=O)O[C@@H]([C@@H](C)O)C[C@@H]4CC(=CC(=O)OC)[C@H](OC(=O)CCCCCCC)[C@@](O)(O4)C(C)(C)C=C[C@@H](C1)O2)O3. The van der Waals surface area contributed by atoms with Crippen LogP contribution in [0.5, 0.6) is 0 Å². The van der Waals surface area contributed by atoms with Crippen LogP contribution in [-0.4, -0.2) is 113 Å². The molecule has 57 heavy (non-hydrogen) atoms. The van der Waals surface area contributed by atoms with Gasteiger partial charge in [0.2, 0.25) is 5.79 Å². The van der Waals surface area contributed by atoms with E-state index in [1.54, 1.807) is 19.9 Å². The van der Waals surface area contributed by atoms with Gasteiger partial charge in [-0.15, -0.1) is 0 Å². The number of fused-ring (bicyclic) bond motifs is 6. The molecule has 0 spiro atoms. The van der Waals surface area contributed by atoms with Gasteiger partial charge < -0.3 is 48.5 Å². The van der Waals surface area contributed by atoms with E-state index in [2.05, 4.69) is 13.5 Å². The molecule has 0 aromatic carbocycles. The number of esters is 4. The van der Waals surface area contributed by atoms with Crippen molar-refractivity contribution >= 4 is 23.9 Å². The van der Waals surface area contributed by atoms with Crippen molar-refractivity contribution in [2.24, 2.45) is 5.41 Å². The molecular weight excluding hydrogens is 740 g/mol. The second-order valence-corrected chi connectivity index (χ2v) is 16.9. The minimum Gasteiger partial charge on any atom is -0.466 e. The lowest BCUT2D eigenvalue weighted by molar-refractivity contribution is -0.327. The van der Waals surface area contributed by atoms with Gasteiger partial charge in [-0.2, -0.15) is 0 Å². The Kier molecular flexibility index (Phi) is 17.3. The zero-order valence-corrected chi connectivity index (χ0v) is 34.7. The zero-order chi connectivity index (χ0) is 41.9. The van der Waals surface area contributed by atoms with Gasteiger partial charge in [0, 0.05) is 56.9 Å². The first-order valence-electron chi connectivity index (χ1n) is 20.7. The highest BCUT2D eigenvalue weighted by atomic mass is 16.7. The molecule has 4 aliphatic heterocycles. The number of hydrogen-bond donors (Lipinski definition) is 3. The molecule has 14 heteroatoms. The number of hydrogen-bond acceptors (Lipinski definition) is 14. The lowest BCUT2D eigenvalue weighted by Crippen LogP contribution is -2.62. The molecule has 14 nitrogen and oxygen atoms in total. The van der Waals surface area contributed by atoms with Crippen LogP contribution < -0.4 is 0 Å². The number of aliphatic hydroxyl groups excluding tert-OH is 2. The van der Waals surface area contributed by atoms with Crippen molar-refractivity contribution in [2.45, 2.75) is 198 Å². The fourth-order valence-corrected chi connectivity index (χ4v) is 8.31. The zero-order valence-electron chi connectivity index (χ0n) is 34.7. The maximum Gasteiger partial charge on any atom is 0.330 e. The summed E-state index contributed by atoms with van der Waals surface area (Å²) in [7, 11) is 1.21. The fourth-order valence-electron chi connectivity index (χ4n) is 8.31. The number of aliphatic hydroxyl groups is 3. The number of ether oxygens (including phenoxy) is 7. The van der Waals surface area contributed by atoms with Crippen molar-refractivity contribution in [3.63, 3.8) is 0 Å². The highest BCUT2D eigenvalue weighted by Gasteiger charge is 2.57. The molecule has 0 aromatic rings. The maximum atomic E-state index is 13.4. The molecule has 3 N–H and O–H groups in total. The molecule has 4 rings (SSSR count). The Morgan fingerprint density at radius 3 is 2.32 bits per heavy atom. The molecule has 4 aliphatic rings. The molecular formula is C43H66O14. The molecule has 0 aromatic heterocycles. The average Bonchev–Trinajstić information content (AvgIpc) is 3.10. The Balaban J connectivity index is 1.74. The number of methoxy groups -OCH3 is 1. The molecule has 3 saturated heterocycles. The summed E-state index contributed by atoms with van der Waals surface area (Å²) in [4.78, 5) is 51.4. The quantitative estimate of drug-likeness (QED) is 0.0855. The van der Waals surface area contributed by atoms with Crippen LogP contribution in [0.1, 0.15) is 131 Å². The van der Waals surface area contributed by atoms with E-state index in [0.717, 1.165) is 31.3 Å². The fraction of sp³-hybridized carbons (Fsp3) is 0.767. The van der Waals surface area contributed by atoms with Crippen molar-refractivity contribution in [3.8, 4) is 0 Å². The molecule has 0 saturated carbocycles. The van der Waals surface area contributed by atoms with Crippen LogP contribution in [0, 0.1) is 5.41 Å². The highest BCUT2D eigenvalue weighted by molar-refractivity contribution is 5.83. The van der Waals surface area contributed by atoms with Gasteiger partial charge in [-0.3, -0.25) is 14.4 Å². The molecule has 4 heterocycles. The second kappa shape index (κ2) is 21.2. The number of unbranched alkanes of at least 4 members (excludes halogenated alkanes) is 4. The molecule has 0 aliphatic carbocycles. The minimum atomic E-state index is -2.28. The molecule has 11 atom stereocenters. The first-order chi connectivity index (χ1) is 26.9. The van der Waals surface area contributed by atoms with Crippen molar-refractivity contribution in [3.05, 3.63) is 36.0 Å². The number of carbonyl (C=O) groups is 4. The Hall–Kier alpha value is -3.14. The summed E-state index contributed by atoms with van der Waals surface area (Å²) in [5, 5.41) is 34.7. The lowest BCUT2D eigenvalue weighted by atomic mass is 9.74.